The number of carbonyl (C=O) groups is 1. The van der Waals surface area contributed by atoms with Gasteiger partial charge in [-0.2, -0.15) is 0 Å². The third-order valence-electron chi connectivity index (χ3n) is 4.72. The standard InChI is InChI=1S/C20H32N4O4/c1-6-19(25)24-9-8-15(13-24)23-20(21-7-2)22-12-14-10-17(27-4)18(28-5)11-16(14)26-3/h10-11,15H,6-9,12-13H2,1-5H3,(H2,21,22,23). The van der Waals surface area contributed by atoms with Gasteiger partial charge in [0.05, 0.1) is 27.9 Å². The fraction of sp³-hybridized carbons (Fsp3) is 0.600. The van der Waals surface area contributed by atoms with E-state index in [0.29, 0.717) is 36.8 Å². The summed E-state index contributed by atoms with van der Waals surface area (Å²) in [6.07, 6.45) is 1.45. The van der Waals surface area contributed by atoms with E-state index in [0.717, 1.165) is 31.0 Å². The Kier molecular flexibility index (Phi) is 8.22. The van der Waals surface area contributed by atoms with Crippen LogP contribution in [0.3, 0.4) is 0 Å². The SMILES string of the molecule is CCNC(=NCc1cc(OC)c(OC)cc1OC)NC1CCN(C(=O)CC)C1. The molecule has 1 aliphatic heterocycles. The van der Waals surface area contributed by atoms with Gasteiger partial charge in [0.1, 0.15) is 5.75 Å². The van der Waals surface area contributed by atoms with Crippen molar-refractivity contribution in [3.8, 4) is 17.2 Å². The van der Waals surface area contributed by atoms with Crippen LogP contribution < -0.4 is 24.8 Å². The number of ether oxygens (including phenoxy) is 3. The predicted octanol–water partition coefficient (Wildman–Crippen LogP) is 1.78. The molecular weight excluding hydrogens is 360 g/mol. The molecule has 0 spiro atoms. The second-order valence-corrected chi connectivity index (χ2v) is 6.54. The van der Waals surface area contributed by atoms with Crippen LogP contribution in [0, 0.1) is 0 Å². The third kappa shape index (κ3) is 5.43. The third-order valence-corrected chi connectivity index (χ3v) is 4.72. The first kappa shape index (κ1) is 21.7. The lowest BCUT2D eigenvalue weighted by atomic mass is 10.1. The van der Waals surface area contributed by atoms with Crippen LogP contribution >= 0.6 is 0 Å². The predicted molar refractivity (Wildman–Crippen MR) is 109 cm³/mol. The van der Waals surface area contributed by atoms with E-state index in [9.17, 15) is 4.79 Å². The molecule has 1 atom stereocenters. The number of hydrogen-bond donors (Lipinski definition) is 2. The molecule has 1 aromatic rings. The quantitative estimate of drug-likeness (QED) is 0.518. The van der Waals surface area contributed by atoms with Crippen LogP contribution in [0.1, 0.15) is 32.3 Å². The van der Waals surface area contributed by atoms with Gasteiger partial charge in [0.25, 0.3) is 0 Å². The first-order valence-electron chi connectivity index (χ1n) is 9.67. The zero-order chi connectivity index (χ0) is 20.5. The van der Waals surface area contributed by atoms with Crippen LogP contribution in [0.15, 0.2) is 17.1 Å². The van der Waals surface area contributed by atoms with Crippen LogP contribution in [0.2, 0.25) is 0 Å². The molecule has 1 heterocycles. The summed E-state index contributed by atoms with van der Waals surface area (Å²) in [5.74, 6) is 2.86. The van der Waals surface area contributed by atoms with Crippen LogP contribution in [0.25, 0.3) is 0 Å². The molecule has 1 aliphatic rings. The summed E-state index contributed by atoms with van der Waals surface area (Å²) < 4.78 is 16.2. The highest BCUT2D eigenvalue weighted by molar-refractivity contribution is 5.80. The number of aliphatic imine (C=N–C) groups is 1. The number of nitrogens with zero attached hydrogens (tertiary/aromatic N) is 2. The van der Waals surface area contributed by atoms with Crippen molar-refractivity contribution in [2.75, 3.05) is 41.0 Å². The van der Waals surface area contributed by atoms with Crippen molar-refractivity contribution in [1.29, 1.82) is 0 Å². The van der Waals surface area contributed by atoms with Gasteiger partial charge in [0.15, 0.2) is 17.5 Å². The highest BCUT2D eigenvalue weighted by Crippen LogP contribution is 2.34. The Morgan fingerprint density at radius 2 is 1.82 bits per heavy atom. The molecule has 156 valence electrons. The number of likely N-dealkylation sites (tertiary alicyclic amines) is 1. The zero-order valence-electron chi connectivity index (χ0n) is 17.5. The lowest BCUT2D eigenvalue weighted by molar-refractivity contribution is -0.129. The Hall–Kier alpha value is -2.64. The first-order valence-corrected chi connectivity index (χ1v) is 9.67. The summed E-state index contributed by atoms with van der Waals surface area (Å²) in [6, 6.07) is 3.87. The van der Waals surface area contributed by atoms with Gasteiger partial charge in [-0.1, -0.05) is 6.92 Å². The van der Waals surface area contributed by atoms with Gasteiger partial charge < -0.3 is 29.7 Å². The van der Waals surface area contributed by atoms with E-state index < -0.39 is 0 Å². The van der Waals surface area contributed by atoms with Crippen LogP contribution in [0.4, 0.5) is 0 Å². The summed E-state index contributed by atoms with van der Waals surface area (Å²) in [5, 5.41) is 6.70. The molecule has 1 fully saturated rings. The molecule has 8 heteroatoms. The van der Waals surface area contributed by atoms with Crippen molar-refractivity contribution in [1.82, 2.24) is 15.5 Å². The first-order chi connectivity index (χ1) is 13.6. The summed E-state index contributed by atoms with van der Waals surface area (Å²) in [4.78, 5) is 18.5. The van der Waals surface area contributed by atoms with Crippen LogP contribution in [0.5, 0.6) is 17.2 Å². The fourth-order valence-electron chi connectivity index (χ4n) is 3.22. The number of carbonyl (C=O) groups excluding carboxylic acids is 1. The fourth-order valence-corrected chi connectivity index (χ4v) is 3.22. The Labute approximate surface area is 167 Å². The van der Waals surface area contributed by atoms with Crippen molar-refractivity contribution >= 4 is 11.9 Å². The molecule has 1 saturated heterocycles. The van der Waals surface area contributed by atoms with E-state index in [1.807, 2.05) is 24.8 Å². The minimum Gasteiger partial charge on any atom is -0.496 e. The number of benzene rings is 1. The van der Waals surface area contributed by atoms with Gasteiger partial charge in [-0.25, -0.2) is 4.99 Å². The average molecular weight is 393 g/mol. The molecule has 0 radical (unpaired) electrons. The lowest BCUT2D eigenvalue weighted by Gasteiger charge is -2.19. The van der Waals surface area contributed by atoms with E-state index in [1.54, 1.807) is 27.4 Å². The minimum atomic E-state index is 0.195. The van der Waals surface area contributed by atoms with Crippen LogP contribution in [-0.2, 0) is 11.3 Å². The maximum Gasteiger partial charge on any atom is 0.222 e. The molecular formula is C20H32N4O4. The largest absolute Gasteiger partial charge is 0.496 e. The van der Waals surface area contributed by atoms with Crippen molar-refractivity contribution < 1.29 is 19.0 Å². The summed E-state index contributed by atoms with van der Waals surface area (Å²) in [7, 11) is 4.82. The highest BCUT2D eigenvalue weighted by atomic mass is 16.5. The number of guanidine groups is 1. The number of methoxy groups -OCH3 is 3. The van der Waals surface area contributed by atoms with E-state index >= 15 is 0 Å². The van der Waals surface area contributed by atoms with Crippen molar-refractivity contribution in [3.63, 3.8) is 0 Å². The molecule has 1 aromatic carbocycles. The average Bonchev–Trinajstić information content (AvgIpc) is 3.19. The van der Waals surface area contributed by atoms with Crippen LogP contribution in [-0.4, -0.2) is 63.8 Å². The Morgan fingerprint density at radius 1 is 1.14 bits per heavy atom. The second kappa shape index (κ2) is 10.6. The van der Waals surface area contributed by atoms with Crippen molar-refractivity contribution in [2.45, 2.75) is 39.3 Å². The van der Waals surface area contributed by atoms with E-state index in [1.165, 1.54) is 0 Å². The number of hydrogen-bond acceptors (Lipinski definition) is 5. The maximum absolute atomic E-state index is 11.9. The Morgan fingerprint density at radius 3 is 2.43 bits per heavy atom. The molecule has 1 amide bonds. The molecule has 0 saturated carbocycles. The molecule has 0 aromatic heterocycles. The second-order valence-electron chi connectivity index (χ2n) is 6.54. The van der Waals surface area contributed by atoms with Crippen molar-refractivity contribution in [3.05, 3.63) is 17.7 Å². The van der Waals surface area contributed by atoms with Gasteiger partial charge >= 0.3 is 0 Å². The summed E-state index contributed by atoms with van der Waals surface area (Å²) >= 11 is 0. The van der Waals surface area contributed by atoms with E-state index in [2.05, 4.69) is 10.6 Å². The molecule has 2 rings (SSSR count). The number of rotatable bonds is 8. The van der Waals surface area contributed by atoms with Crippen molar-refractivity contribution in [2.24, 2.45) is 4.99 Å². The minimum absolute atomic E-state index is 0.195. The molecule has 0 aliphatic carbocycles. The normalized spacial score (nSPS) is 16.7. The van der Waals surface area contributed by atoms with Gasteiger partial charge in [0.2, 0.25) is 5.91 Å². The van der Waals surface area contributed by atoms with Gasteiger partial charge in [-0.15, -0.1) is 0 Å². The van der Waals surface area contributed by atoms with Gasteiger partial charge in [0, 0.05) is 43.7 Å². The zero-order valence-corrected chi connectivity index (χ0v) is 17.5. The lowest BCUT2D eigenvalue weighted by Crippen LogP contribution is -2.45. The molecule has 28 heavy (non-hydrogen) atoms. The molecule has 0 bridgehead atoms. The van der Waals surface area contributed by atoms with E-state index in [-0.39, 0.29) is 11.9 Å². The highest BCUT2D eigenvalue weighted by Gasteiger charge is 2.25. The molecule has 2 N–H and O–H groups in total. The Bertz CT molecular complexity index is 693. The van der Waals surface area contributed by atoms with E-state index in [4.69, 9.17) is 19.2 Å². The van der Waals surface area contributed by atoms with Gasteiger partial charge in [-0.05, 0) is 19.4 Å². The molecule has 1 unspecified atom stereocenters. The topological polar surface area (TPSA) is 84.4 Å². The monoisotopic (exact) mass is 392 g/mol. The number of nitrogens with one attached hydrogen (secondary N) is 2. The smallest absolute Gasteiger partial charge is 0.222 e. The summed E-state index contributed by atoms with van der Waals surface area (Å²) in [5.41, 5.74) is 0.895. The van der Waals surface area contributed by atoms with Gasteiger partial charge in [-0.3, -0.25) is 4.79 Å². The summed E-state index contributed by atoms with van der Waals surface area (Å²) in [6.45, 7) is 6.58. The Balaban J connectivity index is 2.11. The molecule has 8 nitrogen and oxygen atoms in total. The number of amides is 1. The maximum atomic E-state index is 11.9.